The minimum Gasteiger partial charge on any atom is -0.481 e. The fourth-order valence-corrected chi connectivity index (χ4v) is 2.84. The van der Waals surface area contributed by atoms with Gasteiger partial charge in [0.25, 0.3) is 0 Å². The first-order valence-corrected chi connectivity index (χ1v) is 8.99. The van der Waals surface area contributed by atoms with Crippen LogP contribution in [0.2, 0.25) is 18.1 Å². The Bertz CT molecular complexity index is 261. The van der Waals surface area contributed by atoms with Gasteiger partial charge in [0.05, 0.1) is 12.0 Å². The van der Waals surface area contributed by atoms with Crippen molar-refractivity contribution in [2.45, 2.75) is 51.9 Å². The van der Waals surface area contributed by atoms with E-state index < -0.39 is 20.2 Å². The van der Waals surface area contributed by atoms with E-state index in [1.807, 2.05) is 6.92 Å². The van der Waals surface area contributed by atoms with Crippen molar-refractivity contribution in [1.82, 2.24) is 5.32 Å². The van der Waals surface area contributed by atoms with Crippen LogP contribution in [0.25, 0.3) is 0 Å². The van der Waals surface area contributed by atoms with Crippen molar-refractivity contribution in [1.29, 1.82) is 0 Å². The van der Waals surface area contributed by atoms with Crippen LogP contribution in [0.5, 0.6) is 0 Å². The van der Waals surface area contributed by atoms with Crippen molar-refractivity contribution in [2.24, 2.45) is 5.92 Å². The summed E-state index contributed by atoms with van der Waals surface area (Å²) < 4.78 is 6.10. The maximum absolute atomic E-state index is 11.2. The first-order valence-electron chi connectivity index (χ1n) is 6.08. The predicted molar refractivity (Wildman–Crippen MR) is 72.8 cm³/mol. The highest BCUT2D eigenvalue weighted by molar-refractivity contribution is 6.74. The zero-order valence-electron chi connectivity index (χ0n) is 12.1. The van der Waals surface area contributed by atoms with Crippen LogP contribution >= 0.6 is 0 Å². The standard InChI is InChI=1S/C12H27NO3Si/c1-9(10(8-13-5)11(14)15)16-17(6,7)12(2,3)4/h9-10,13H,8H2,1-7H3,(H,14,15)/t9-,10+/m1/s1. The van der Waals surface area contributed by atoms with E-state index in [0.717, 1.165) is 0 Å². The Morgan fingerprint density at radius 3 is 2.18 bits per heavy atom. The van der Waals surface area contributed by atoms with Crippen molar-refractivity contribution in [3.8, 4) is 0 Å². The number of hydrogen-bond acceptors (Lipinski definition) is 3. The van der Waals surface area contributed by atoms with Crippen molar-refractivity contribution in [2.75, 3.05) is 13.6 Å². The molecule has 0 heterocycles. The average molecular weight is 261 g/mol. The van der Waals surface area contributed by atoms with Crippen LogP contribution in [0, 0.1) is 5.92 Å². The lowest BCUT2D eigenvalue weighted by Gasteiger charge is -2.39. The Kier molecular flexibility index (Phi) is 5.84. The van der Waals surface area contributed by atoms with Crippen molar-refractivity contribution < 1.29 is 14.3 Å². The number of hydrogen-bond donors (Lipinski definition) is 2. The summed E-state index contributed by atoms with van der Waals surface area (Å²) in [5, 5.41) is 12.2. The van der Waals surface area contributed by atoms with Gasteiger partial charge in [0.2, 0.25) is 0 Å². The minimum atomic E-state index is -1.90. The summed E-state index contributed by atoms with van der Waals surface area (Å²) in [5.74, 6) is -1.29. The SMILES string of the molecule is CNC[C@H](C(=O)O)[C@@H](C)O[Si](C)(C)C(C)(C)C. The van der Waals surface area contributed by atoms with Crippen LogP contribution in [-0.4, -0.2) is 39.1 Å². The lowest BCUT2D eigenvalue weighted by Crippen LogP contribution is -2.47. The minimum absolute atomic E-state index is 0.101. The number of aliphatic carboxylic acids is 1. The van der Waals surface area contributed by atoms with E-state index in [0.29, 0.717) is 6.54 Å². The number of carboxylic acid groups (broad SMARTS) is 1. The quantitative estimate of drug-likeness (QED) is 0.720. The third-order valence-corrected chi connectivity index (χ3v) is 8.17. The molecule has 0 aromatic heterocycles. The molecule has 0 saturated carbocycles. The highest BCUT2D eigenvalue weighted by Gasteiger charge is 2.40. The number of rotatable bonds is 6. The third-order valence-electron chi connectivity index (χ3n) is 3.59. The Labute approximate surface area is 106 Å². The molecule has 2 atom stereocenters. The molecular formula is C12H27NO3Si. The smallest absolute Gasteiger partial charge is 0.310 e. The van der Waals surface area contributed by atoms with Crippen LogP contribution in [0.3, 0.4) is 0 Å². The van der Waals surface area contributed by atoms with E-state index in [9.17, 15) is 4.79 Å². The maximum Gasteiger partial charge on any atom is 0.310 e. The fourth-order valence-electron chi connectivity index (χ4n) is 1.40. The first-order chi connectivity index (χ1) is 7.53. The summed E-state index contributed by atoms with van der Waals surface area (Å²) in [6, 6.07) is 0. The number of carboxylic acids is 1. The molecule has 0 aliphatic carbocycles. The van der Waals surface area contributed by atoms with E-state index in [2.05, 4.69) is 39.2 Å². The molecule has 17 heavy (non-hydrogen) atoms. The maximum atomic E-state index is 11.2. The summed E-state index contributed by atoms with van der Waals surface area (Å²) in [5.41, 5.74) is 0. The Balaban J connectivity index is 4.71. The lowest BCUT2D eigenvalue weighted by molar-refractivity contribution is -0.144. The molecule has 5 heteroatoms. The van der Waals surface area contributed by atoms with E-state index in [1.165, 1.54) is 0 Å². The summed E-state index contributed by atoms with van der Waals surface area (Å²) in [6.07, 6.45) is -0.263. The second kappa shape index (κ2) is 5.98. The van der Waals surface area contributed by atoms with Gasteiger partial charge < -0.3 is 14.8 Å². The molecule has 0 unspecified atom stereocenters. The van der Waals surface area contributed by atoms with Gasteiger partial charge in [-0.25, -0.2) is 0 Å². The van der Waals surface area contributed by atoms with Gasteiger partial charge in [-0.3, -0.25) is 4.79 Å². The largest absolute Gasteiger partial charge is 0.481 e. The van der Waals surface area contributed by atoms with Gasteiger partial charge in [0, 0.05) is 6.54 Å². The van der Waals surface area contributed by atoms with Gasteiger partial charge in [-0.15, -0.1) is 0 Å². The lowest BCUT2D eigenvalue weighted by atomic mass is 10.0. The summed E-state index contributed by atoms with van der Waals surface area (Å²) in [6.45, 7) is 13.0. The van der Waals surface area contributed by atoms with Gasteiger partial charge in [-0.2, -0.15) is 0 Å². The van der Waals surface area contributed by atoms with Gasteiger partial charge in [0.15, 0.2) is 8.32 Å². The summed E-state index contributed by atoms with van der Waals surface area (Å²) in [4.78, 5) is 11.2. The second-order valence-corrected chi connectivity index (χ2v) is 10.8. The monoisotopic (exact) mass is 261 g/mol. The molecule has 0 bridgehead atoms. The molecule has 0 aromatic rings. The van der Waals surface area contributed by atoms with Crippen LogP contribution in [0.1, 0.15) is 27.7 Å². The van der Waals surface area contributed by atoms with E-state index in [1.54, 1.807) is 7.05 Å². The molecule has 0 saturated heterocycles. The van der Waals surface area contributed by atoms with E-state index >= 15 is 0 Å². The molecule has 4 nitrogen and oxygen atoms in total. The van der Waals surface area contributed by atoms with Crippen molar-refractivity contribution in [3.05, 3.63) is 0 Å². The van der Waals surface area contributed by atoms with Crippen LogP contribution in [-0.2, 0) is 9.22 Å². The Morgan fingerprint density at radius 1 is 1.41 bits per heavy atom. The molecule has 0 aromatic carbocycles. The number of nitrogens with one attached hydrogen (secondary N) is 1. The van der Waals surface area contributed by atoms with Crippen LogP contribution < -0.4 is 5.32 Å². The topological polar surface area (TPSA) is 58.6 Å². The van der Waals surface area contributed by atoms with Gasteiger partial charge in [-0.05, 0) is 32.1 Å². The predicted octanol–water partition coefficient (Wildman–Crippen LogP) is 2.32. The normalized spacial score (nSPS) is 16.6. The third kappa shape index (κ3) is 4.77. The zero-order valence-corrected chi connectivity index (χ0v) is 13.1. The van der Waals surface area contributed by atoms with Crippen molar-refractivity contribution >= 4 is 14.3 Å². The fraction of sp³-hybridized carbons (Fsp3) is 0.917. The molecule has 0 aliphatic rings. The Hall–Kier alpha value is -0.393. The van der Waals surface area contributed by atoms with Gasteiger partial charge in [0.1, 0.15) is 0 Å². The van der Waals surface area contributed by atoms with E-state index in [-0.39, 0.29) is 11.1 Å². The molecule has 0 spiro atoms. The first kappa shape index (κ1) is 16.6. The molecule has 0 aliphatic heterocycles. The van der Waals surface area contributed by atoms with Gasteiger partial charge >= 0.3 is 5.97 Å². The molecule has 2 N–H and O–H groups in total. The molecule has 0 amide bonds. The molecular weight excluding hydrogens is 234 g/mol. The zero-order chi connectivity index (χ0) is 13.9. The highest BCUT2D eigenvalue weighted by atomic mass is 28.4. The number of carbonyl (C=O) groups is 1. The van der Waals surface area contributed by atoms with Crippen LogP contribution in [0.4, 0.5) is 0 Å². The van der Waals surface area contributed by atoms with E-state index in [4.69, 9.17) is 9.53 Å². The average Bonchev–Trinajstić information content (AvgIpc) is 2.10. The second-order valence-electron chi connectivity index (χ2n) is 6.09. The molecule has 0 rings (SSSR count). The summed E-state index contributed by atoms with van der Waals surface area (Å²) >= 11 is 0. The highest BCUT2D eigenvalue weighted by Crippen LogP contribution is 2.37. The molecule has 0 fully saturated rings. The van der Waals surface area contributed by atoms with Crippen molar-refractivity contribution in [3.63, 3.8) is 0 Å². The van der Waals surface area contributed by atoms with Crippen LogP contribution in [0.15, 0.2) is 0 Å². The summed E-state index contributed by atoms with van der Waals surface area (Å²) in [7, 11) is -0.138. The van der Waals surface area contributed by atoms with Gasteiger partial charge in [-0.1, -0.05) is 20.8 Å². The Morgan fingerprint density at radius 2 is 1.88 bits per heavy atom. The molecule has 102 valence electrons. The molecule has 0 radical (unpaired) electrons.